The smallest absolute Gasteiger partial charge is 0.270 e. The van der Waals surface area contributed by atoms with Crippen molar-refractivity contribution in [1.82, 2.24) is 15.4 Å². The van der Waals surface area contributed by atoms with Gasteiger partial charge in [-0.25, -0.2) is 0 Å². The summed E-state index contributed by atoms with van der Waals surface area (Å²) in [6.45, 7) is 3.71. The number of carbonyl (C=O) groups is 1. The van der Waals surface area contributed by atoms with E-state index in [1.54, 1.807) is 12.1 Å². The van der Waals surface area contributed by atoms with E-state index in [1.807, 2.05) is 19.9 Å². The minimum Gasteiger partial charge on any atom is -0.398 e. The number of hydrogen-bond acceptors (Lipinski definition) is 6. The fourth-order valence-electron chi connectivity index (χ4n) is 4.73. The highest BCUT2D eigenvalue weighted by Gasteiger charge is 2.39. The van der Waals surface area contributed by atoms with Crippen LogP contribution in [0.1, 0.15) is 42.7 Å². The molecule has 2 bridgehead atoms. The monoisotopic (exact) mass is 381 g/mol. The van der Waals surface area contributed by atoms with E-state index in [1.165, 1.54) is 12.8 Å². The third-order valence-electron chi connectivity index (χ3n) is 6.31. The van der Waals surface area contributed by atoms with Crippen LogP contribution >= 0.6 is 0 Å². The molecule has 3 heterocycles. The number of anilines is 1. The average Bonchev–Trinajstić information content (AvgIpc) is 3.08. The first-order chi connectivity index (χ1) is 13.3. The van der Waals surface area contributed by atoms with Crippen LogP contribution in [0.5, 0.6) is 0 Å². The van der Waals surface area contributed by atoms with Gasteiger partial charge in [-0.3, -0.25) is 10.2 Å². The molecule has 2 unspecified atom stereocenters. The number of aryl methyl sites for hydroxylation is 2. The Balaban J connectivity index is 1.53. The molecule has 28 heavy (non-hydrogen) atoms. The van der Waals surface area contributed by atoms with Crippen LogP contribution in [0.4, 0.5) is 5.69 Å². The van der Waals surface area contributed by atoms with Crippen molar-refractivity contribution in [2.24, 2.45) is 0 Å². The van der Waals surface area contributed by atoms with Gasteiger partial charge in [0, 0.05) is 34.9 Å². The van der Waals surface area contributed by atoms with Crippen LogP contribution in [-0.4, -0.2) is 46.8 Å². The quantitative estimate of drug-likeness (QED) is 0.557. The average molecular weight is 381 g/mol. The second-order valence-corrected chi connectivity index (χ2v) is 8.07. The number of carbonyl (C=O) groups excluding carboxylic acids is 1. The lowest BCUT2D eigenvalue weighted by atomic mass is 9.96. The summed E-state index contributed by atoms with van der Waals surface area (Å²) in [5, 5.41) is 15.5. The van der Waals surface area contributed by atoms with Crippen LogP contribution < -0.4 is 11.1 Å². The molecule has 1 aromatic heterocycles. The van der Waals surface area contributed by atoms with Gasteiger partial charge in [0.2, 0.25) is 0 Å². The lowest BCUT2D eigenvalue weighted by Crippen LogP contribution is -2.50. The molecule has 0 saturated carbocycles. The minimum absolute atomic E-state index is 0.0996. The van der Waals surface area contributed by atoms with E-state index in [9.17, 15) is 4.79 Å². The third-order valence-corrected chi connectivity index (χ3v) is 6.31. The lowest BCUT2D eigenvalue weighted by Gasteiger charge is -2.36. The molecule has 0 aliphatic carbocycles. The molecule has 1 aromatic carbocycles. The molecule has 2 saturated heterocycles. The van der Waals surface area contributed by atoms with E-state index < -0.39 is 0 Å². The Morgan fingerprint density at radius 3 is 2.57 bits per heavy atom. The molecule has 7 nitrogen and oxygen atoms in total. The maximum absolute atomic E-state index is 12.8. The van der Waals surface area contributed by atoms with Gasteiger partial charge in [0.25, 0.3) is 5.91 Å². The number of amides is 1. The number of nitrogen functional groups attached to an aromatic ring is 1. The van der Waals surface area contributed by atoms with Crippen molar-refractivity contribution in [2.45, 2.75) is 57.7 Å². The number of nitrogens with two attached hydrogens (primary N) is 1. The first-order valence-electron chi connectivity index (χ1n) is 9.79. The standard InChI is InChI=1S/C21H27N5O2/c1-11-19(12(2)28-25-11)13-4-7-18(22)17(8-13)20(23)21(27)24-14-9-15-5-6-16(10-14)26(15)3/h4,7-8,14-16,23H,5-6,9-10,22H2,1-3H3,(H,24,27). The van der Waals surface area contributed by atoms with E-state index >= 15 is 0 Å². The highest BCUT2D eigenvalue weighted by Crippen LogP contribution is 2.34. The number of piperidine rings is 1. The molecule has 4 N–H and O–H groups in total. The van der Waals surface area contributed by atoms with Gasteiger partial charge in [-0.2, -0.15) is 0 Å². The molecule has 0 spiro atoms. The Labute approximate surface area is 164 Å². The predicted octanol–water partition coefficient (Wildman–Crippen LogP) is 2.65. The molecule has 1 amide bonds. The third kappa shape index (κ3) is 3.20. The van der Waals surface area contributed by atoms with Crippen LogP contribution in [0.15, 0.2) is 22.7 Å². The van der Waals surface area contributed by atoms with Crippen molar-refractivity contribution in [3.05, 3.63) is 35.2 Å². The Kier molecular flexibility index (Phi) is 4.71. The topological polar surface area (TPSA) is 108 Å². The number of nitrogens with one attached hydrogen (secondary N) is 2. The number of fused-ring (bicyclic) bond motifs is 2. The van der Waals surface area contributed by atoms with Gasteiger partial charge in [0.1, 0.15) is 11.5 Å². The van der Waals surface area contributed by atoms with Crippen LogP contribution in [0.3, 0.4) is 0 Å². The molecular weight excluding hydrogens is 354 g/mol. The molecule has 2 aliphatic heterocycles. The molecule has 0 radical (unpaired) electrons. The van der Waals surface area contributed by atoms with Crippen molar-refractivity contribution in [3.63, 3.8) is 0 Å². The Hall–Kier alpha value is -2.67. The number of rotatable bonds is 4. The zero-order chi connectivity index (χ0) is 20.0. The Morgan fingerprint density at radius 1 is 1.29 bits per heavy atom. The van der Waals surface area contributed by atoms with Gasteiger partial charge in [-0.05, 0) is 64.3 Å². The SMILES string of the molecule is Cc1noc(C)c1-c1ccc(N)c(C(=N)C(=O)NC2CC3CCC(C2)N3C)c1. The Morgan fingerprint density at radius 2 is 1.96 bits per heavy atom. The van der Waals surface area contributed by atoms with Gasteiger partial charge >= 0.3 is 0 Å². The molecule has 2 aliphatic rings. The van der Waals surface area contributed by atoms with Gasteiger partial charge in [0.15, 0.2) is 0 Å². The van der Waals surface area contributed by atoms with E-state index in [4.69, 9.17) is 15.7 Å². The molecular formula is C21H27N5O2. The fraction of sp³-hybridized carbons (Fsp3) is 0.476. The summed E-state index contributed by atoms with van der Waals surface area (Å²) in [4.78, 5) is 15.2. The maximum Gasteiger partial charge on any atom is 0.270 e. The normalized spacial score (nSPS) is 24.3. The van der Waals surface area contributed by atoms with Crippen molar-refractivity contribution < 1.29 is 9.32 Å². The van der Waals surface area contributed by atoms with Crippen molar-refractivity contribution >= 4 is 17.3 Å². The first kappa shape index (κ1) is 18.7. The van der Waals surface area contributed by atoms with E-state index in [2.05, 4.69) is 22.4 Å². The molecule has 2 aromatic rings. The molecule has 2 fully saturated rings. The number of benzene rings is 1. The largest absolute Gasteiger partial charge is 0.398 e. The summed E-state index contributed by atoms with van der Waals surface area (Å²) in [6, 6.07) is 6.56. The van der Waals surface area contributed by atoms with Gasteiger partial charge in [-0.15, -0.1) is 0 Å². The first-order valence-corrected chi connectivity index (χ1v) is 9.79. The highest BCUT2D eigenvalue weighted by atomic mass is 16.5. The lowest BCUT2D eigenvalue weighted by molar-refractivity contribution is -0.115. The van der Waals surface area contributed by atoms with Crippen LogP contribution in [-0.2, 0) is 4.79 Å². The predicted molar refractivity (Wildman–Crippen MR) is 108 cm³/mol. The summed E-state index contributed by atoms with van der Waals surface area (Å²) in [6.07, 6.45) is 4.27. The van der Waals surface area contributed by atoms with Gasteiger partial charge in [-0.1, -0.05) is 11.2 Å². The summed E-state index contributed by atoms with van der Waals surface area (Å²) in [5.74, 6) is 0.336. The number of aromatic nitrogens is 1. The summed E-state index contributed by atoms with van der Waals surface area (Å²) < 4.78 is 5.24. The van der Waals surface area contributed by atoms with Crippen molar-refractivity contribution in [2.75, 3.05) is 12.8 Å². The summed E-state index contributed by atoms with van der Waals surface area (Å²) >= 11 is 0. The zero-order valence-electron chi connectivity index (χ0n) is 16.6. The Bertz CT molecular complexity index is 901. The summed E-state index contributed by atoms with van der Waals surface area (Å²) in [7, 11) is 2.17. The summed E-state index contributed by atoms with van der Waals surface area (Å²) in [5.41, 5.74) is 9.34. The molecule has 7 heteroatoms. The fourth-order valence-corrected chi connectivity index (χ4v) is 4.73. The zero-order valence-corrected chi connectivity index (χ0v) is 16.6. The van der Waals surface area contributed by atoms with Crippen molar-refractivity contribution in [1.29, 1.82) is 5.41 Å². The minimum atomic E-state index is -0.364. The van der Waals surface area contributed by atoms with E-state index in [0.29, 0.717) is 29.1 Å². The van der Waals surface area contributed by atoms with E-state index in [0.717, 1.165) is 29.7 Å². The highest BCUT2D eigenvalue weighted by molar-refractivity contribution is 6.45. The van der Waals surface area contributed by atoms with Crippen molar-refractivity contribution in [3.8, 4) is 11.1 Å². The molecule has 2 atom stereocenters. The van der Waals surface area contributed by atoms with Crippen LogP contribution in [0.25, 0.3) is 11.1 Å². The number of nitrogens with zero attached hydrogens (tertiary/aromatic N) is 2. The number of hydrogen-bond donors (Lipinski definition) is 3. The van der Waals surface area contributed by atoms with Crippen LogP contribution in [0.2, 0.25) is 0 Å². The van der Waals surface area contributed by atoms with E-state index in [-0.39, 0.29) is 17.7 Å². The second kappa shape index (κ2) is 7.05. The van der Waals surface area contributed by atoms with Crippen LogP contribution in [0, 0.1) is 19.3 Å². The van der Waals surface area contributed by atoms with Gasteiger partial charge < -0.3 is 20.5 Å². The molecule has 148 valence electrons. The van der Waals surface area contributed by atoms with Gasteiger partial charge in [0.05, 0.1) is 5.69 Å². The maximum atomic E-state index is 12.8. The second-order valence-electron chi connectivity index (χ2n) is 8.07. The molecule has 4 rings (SSSR count).